The van der Waals surface area contributed by atoms with Crippen molar-refractivity contribution in [1.82, 2.24) is 5.32 Å². The summed E-state index contributed by atoms with van der Waals surface area (Å²) in [6, 6.07) is 5.13. The van der Waals surface area contributed by atoms with Gasteiger partial charge in [0.25, 0.3) is 5.91 Å². The molecule has 0 saturated heterocycles. The Hall–Kier alpha value is -1.95. The van der Waals surface area contributed by atoms with Crippen molar-refractivity contribution in [3.8, 4) is 5.75 Å². The van der Waals surface area contributed by atoms with E-state index in [1.165, 1.54) is 18.2 Å². The van der Waals surface area contributed by atoms with Gasteiger partial charge >= 0.3 is 5.92 Å². The fourth-order valence-electron chi connectivity index (χ4n) is 2.41. The molecular weight excluding hydrogens is 292 g/mol. The molecule has 0 unspecified atom stereocenters. The summed E-state index contributed by atoms with van der Waals surface area (Å²) in [5.74, 6) is -5.15. The zero-order chi connectivity index (χ0) is 16.2. The molecule has 2 atom stereocenters. The maximum absolute atomic E-state index is 14.4. The van der Waals surface area contributed by atoms with Gasteiger partial charge < -0.3 is 15.2 Å². The average Bonchev–Trinajstić information content (AvgIpc) is 2.95. The number of ether oxygens (including phenoxy) is 1. The van der Waals surface area contributed by atoms with Gasteiger partial charge in [-0.15, -0.1) is 0 Å². The van der Waals surface area contributed by atoms with Gasteiger partial charge in [0.1, 0.15) is 5.75 Å². The number of benzene rings is 1. The van der Waals surface area contributed by atoms with Crippen LogP contribution in [0.4, 0.5) is 8.78 Å². The van der Waals surface area contributed by atoms with Crippen LogP contribution in [-0.2, 0) is 10.7 Å². The van der Waals surface area contributed by atoms with E-state index >= 15 is 0 Å². The molecule has 0 aromatic heterocycles. The number of aliphatic hydroxyl groups is 1. The Labute approximate surface area is 127 Å². The highest BCUT2D eigenvalue weighted by molar-refractivity contribution is 5.86. The van der Waals surface area contributed by atoms with Crippen LogP contribution in [0, 0.1) is 5.92 Å². The highest BCUT2D eigenvalue weighted by Gasteiger charge is 2.44. The average molecular weight is 311 g/mol. The molecule has 0 spiro atoms. The van der Waals surface area contributed by atoms with Crippen LogP contribution in [0.1, 0.15) is 18.9 Å². The van der Waals surface area contributed by atoms with Crippen molar-refractivity contribution >= 4 is 5.91 Å². The van der Waals surface area contributed by atoms with E-state index in [2.05, 4.69) is 5.32 Å². The quantitative estimate of drug-likeness (QED) is 0.792. The third kappa shape index (κ3) is 3.44. The fourth-order valence-corrected chi connectivity index (χ4v) is 2.41. The van der Waals surface area contributed by atoms with E-state index in [0.717, 1.165) is 0 Å². The zero-order valence-corrected chi connectivity index (χ0v) is 12.3. The summed E-state index contributed by atoms with van der Waals surface area (Å²) in [6.45, 7) is 1.86. The Morgan fingerprint density at radius 3 is 2.77 bits per heavy atom. The third-order valence-electron chi connectivity index (χ3n) is 3.53. The van der Waals surface area contributed by atoms with Crippen molar-refractivity contribution in [3.63, 3.8) is 0 Å². The van der Waals surface area contributed by atoms with E-state index in [0.29, 0.717) is 6.42 Å². The van der Waals surface area contributed by atoms with Crippen molar-refractivity contribution < 1.29 is 23.4 Å². The number of hydrogen-bond acceptors (Lipinski definition) is 3. The number of aliphatic hydroxyl groups excluding tert-OH is 1. The number of amides is 1. The van der Waals surface area contributed by atoms with Crippen LogP contribution in [-0.4, -0.2) is 30.3 Å². The van der Waals surface area contributed by atoms with E-state index in [1.54, 1.807) is 25.1 Å². The van der Waals surface area contributed by atoms with Crippen molar-refractivity contribution in [2.45, 2.75) is 25.3 Å². The second-order valence-corrected chi connectivity index (χ2v) is 5.15. The molecule has 22 heavy (non-hydrogen) atoms. The summed E-state index contributed by atoms with van der Waals surface area (Å²) < 4.78 is 34.0. The summed E-state index contributed by atoms with van der Waals surface area (Å²) in [6.07, 6.45) is 3.77. The summed E-state index contributed by atoms with van der Waals surface area (Å²) in [5.41, 5.74) is -0.449. The van der Waals surface area contributed by atoms with Gasteiger partial charge in [0.15, 0.2) is 0 Å². The van der Waals surface area contributed by atoms with E-state index in [-0.39, 0.29) is 24.9 Å². The van der Waals surface area contributed by atoms with Gasteiger partial charge in [-0.1, -0.05) is 24.3 Å². The van der Waals surface area contributed by atoms with E-state index in [1.807, 2.05) is 0 Å². The zero-order valence-electron chi connectivity index (χ0n) is 12.3. The second-order valence-electron chi connectivity index (χ2n) is 5.15. The number of hydrogen-bond donors (Lipinski definition) is 2. The molecule has 0 saturated carbocycles. The van der Waals surface area contributed by atoms with E-state index in [9.17, 15) is 13.6 Å². The Morgan fingerprint density at radius 1 is 1.41 bits per heavy atom. The first-order valence-electron chi connectivity index (χ1n) is 7.19. The van der Waals surface area contributed by atoms with Gasteiger partial charge in [0, 0.05) is 18.6 Å². The van der Waals surface area contributed by atoms with Gasteiger partial charge in [0.2, 0.25) is 0 Å². The minimum Gasteiger partial charge on any atom is -0.493 e. The van der Waals surface area contributed by atoms with Crippen LogP contribution in [0.25, 0.3) is 0 Å². The van der Waals surface area contributed by atoms with Crippen molar-refractivity contribution in [3.05, 3.63) is 42.0 Å². The lowest BCUT2D eigenvalue weighted by Crippen LogP contribution is -2.43. The third-order valence-corrected chi connectivity index (χ3v) is 3.53. The fraction of sp³-hybridized carbons (Fsp3) is 0.438. The molecule has 0 aliphatic heterocycles. The summed E-state index contributed by atoms with van der Waals surface area (Å²) >= 11 is 0. The van der Waals surface area contributed by atoms with Crippen LogP contribution in [0.2, 0.25) is 0 Å². The molecule has 0 fully saturated rings. The molecule has 2 N–H and O–H groups in total. The van der Waals surface area contributed by atoms with E-state index < -0.39 is 23.4 Å². The number of alkyl halides is 2. The first-order valence-corrected chi connectivity index (χ1v) is 7.19. The minimum absolute atomic E-state index is 0.000323. The Bertz CT molecular complexity index is 560. The minimum atomic E-state index is -3.68. The number of carbonyl (C=O) groups is 1. The Balaban J connectivity index is 2.12. The topological polar surface area (TPSA) is 58.6 Å². The van der Waals surface area contributed by atoms with Gasteiger partial charge in [-0.25, -0.2) is 0 Å². The van der Waals surface area contributed by atoms with E-state index in [4.69, 9.17) is 9.84 Å². The van der Waals surface area contributed by atoms with Gasteiger partial charge in [-0.05, 0) is 25.5 Å². The molecular formula is C16H19F2NO3. The SMILES string of the molecule is CCOc1ccccc1C(F)(F)C(=O)N[C@@H]1C=C[C@H](CO)C1. The number of nitrogens with one attached hydrogen (secondary N) is 1. The highest BCUT2D eigenvalue weighted by atomic mass is 19.3. The Kier molecular flexibility index (Phi) is 5.13. The van der Waals surface area contributed by atoms with Gasteiger partial charge in [0.05, 0.1) is 12.2 Å². The lowest BCUT2D eigenvalue weighted by atomic mass is 10.1. The molecule has 4 nitrogen and oxygen atoms in total. The number of halogens is 2. The van der Waals surface area contributed by atoms with Crippen molar-refractivity contribution in [2.75, 3.05) is 13.2 Å². The van der Waals surface area contributed by atoms with Crippen LogP contribution >= 0.6 is 0 Å². The highest BCUT2D eigenvalue weighted by Crippen LogP contribution is 2.35. The van der Waals surface area contributed by atoms with Crippen LogP contribution in [0.3, 0.4) is 0 Å². The predicted molar refractivity (Wildman–Crippen MR) is 77.8 cm³/mol. The first kappa shape index (κ1) is 16.4. The molecule has 2 rings (SSSR count). The summed E-state index contributed by atoms with van der Waals surface area (Å²) in [5, 5.41) is 11.3. The van der Waals surface area contributed by atoms with Crippen LogP contribution in [0.15, 0.2) is 36.4 Å². The number of carbonyl (C=O) groups excluding carboxylic acids is 1. The lowest BCUT2D eigenvalue weighted by Gasteiger charge is -2.21. The normalized spacial score (nSPS) is 20.9. The summed E-state index contributed by atoms with van der Waals surface area (Å²) in [7, 11) is 0. The van der Waals surface area contributed by atoms with Crippen molar-refractivity contribution in [2.24, 2.45) is 5.92 Å². The monoisotopic (exact) mass is 311 g/mol. The molecule has 0 radical (unpaired) electrons. The van der Waals surface area contributed by atoms with Crippen LogP contribution in [0.5, 0.6) is 5.75 Å². The maximum Gasteiger partial charge on any atom is 0.353 e. The number of para-hydroxylation sites is 1. The largest absolute Gasteiger partial charge is 0.493 e. The molecule has 1 aromatic rings. The molecule has 120 valence electrons. The standard InChI is InChI=1S/C16H19F2NO3/c1-2-22-14-6-4-3-5-13(14)16(17,18)15(21)19-12-8-7-11(9-12)10-20/h3-8,11-12,20H,2,9-10H2,1H3,(H,19,21)/t11-,12+/m0/s1. The van der Waals surface area contributed by atoms with Crippen LogP contribution < -0.4 is 10.1 Å². The first-order chi connectivity index (χ1) is 10.5. The molecule has 1 aliphatic rings. The molecule has 1 amide bonds. The molecule has 6 heteroatoms. The predicted octanol–water partition coefficient (Wildman–Crippen LogP) is 2.23. The maximum atomic E-state index is 14.4. The lowest BCUT2D eigenvalue weighted by molar-refractivity contribution is -0.147. The molecule has 0 bridgehead atoms. The molecule has 0 heterocycles. The van der Waals surface area contributed by atoms with Crippen molar-refractivity contribution in [1.29, 1.82) is 0 Å². The smallest absolute Gasteiger partial charge is 0.353 e. The Morgan fingerprint density at radius 2 is 2.14 bits per heavy atom. The molecule has 1 aromatic carbocycles. The summed E-state index contributed by atoms with van der Waals surface area (Å²) in [4.78, 5) is 12.0. The second kappa shape index (κ2) is 6.87. The van der Waals surface area contributed by atoms with Gasteiger partial charge in [-0.2, -0.15) is 8.78 Å². The van der Waals surface area contributed by atoms with Gasteiger partial charge in [-0.3, -0.25) is 4.79 Å². The molecule has 1 aliphatic carbocycles. The number of rotatable bonds is 6.